The van der Waals surface area contributed by atoms with E-state index in [1.165, 1.54) is 6.92 Å². The summed E-state index contributed by atoms with van der Waals surface area (Å²) in [5, 5.41) is 266. The van der Waals surface area contributed by atoms with Crippen LogP contribution < -0.4 is 21.3 Å². The zero-order valence-corrected chi connectivity index (χ0v) is 58.9. The second kappa shape index (κ2) is 38.8. The van der Waals surface area contributed by atoms with Crippen LogP contribution >= 0.6 is 0 Å². The van der Waals surface area contributed by atoms with Gasteiger partial charge in [-0.05, 0) is 6.92 Å². The van der Waals surface area contributed by atoms with Crippen LogP contribution in [-0.4, -0.2) is 464 Å². The molecule has 9 rings (SSSR count). The van der Waals surface area contributed by atoms with E-state index in [0.29, 0.717) is 0 Å². The summed E-state index contributed by atoms with van der Waals surface area (Å²) >= 11 is 0. The highest BCUT2D eigenvalue weighted by molar-refractivity contribution is 5.74. The van der Waals surface area contributed by atoms with Crippen LogP contribution in [0.25, 0.3) is 0 Å². The van der Waals surface area contributed by atoms with E-state index in [1.54, 1.807) is 0 Å². The lowest BCUT2D eigenvalue weighted by atomic mass is 9.93. The van der Waals surface area contributed by atoms with Gasteiger partial charge >= 0.3 is 0 Å². The van der Waals surface area contributed by atoms with E-state index in [4.69, 9.17) is 80.5 Å². The van der Waals surface area contributed by atoms with Gasteiger partial charge in [0.1, 0.15) is 207 Å². The van der Waals surface area contributed by atoms with Crippen LogP contribution in [0.15, 0.2) is 0 Å². The number of ether oxygens (including phenoxy) is 17. The van der Waals surface area contributed by atoms with Gasteiger partial charge in [-0.1, -0.05) is 0 Å². The molecule has 9 aliphatic heterocycles. The van der Waals surface area contributed by atoms with Crippen LogP contribution in [0.5, 0.6) is 0 Å². The molecule has 109 heavy (non-hydrogen) atoms. The summed E-state index contributed by atoms with van der Waals surface area (Å²) in [4.78, 5) is 51.2. The monoisotopic (exact) mass is 1590 g/mol. The molecular formula is C61H102N4O44. The summed E-state index contributed by atoms with van der Waals surface area (Å²) < 4.78 is 103. The topological polar surface area (TPSA) is 739 Å². The van der Waals surface area contributed by atoms with Gasteiger partial charge in [-0.3, -0.25) is 19.2 Å². The molecule has 4 amide bonds. The standard InChI is InChI=1S/C61H102N4O44/c1-14-31(77)41(87)45(91)57(94-14)105-48-30(65-18(5)76)53(92)95-25(12-72)47(48)104-56-29(64-17(4)75)40(86)46(24(11-71)101-56)103-61-52(109-58-44(90)36(82)23(10-70)98-58)49(106-60-51(43(89)35(81)22(9-69)100-60)108-55-28(63-16(3)74)39(85)33(79)20(7-67)97-55)37(83)26(102-61)13-93-59-50(42(88)34(80)21(8-68)99-59)107-54-27(62-15(2)73)38(84)32(78)19(6-66)96-54/h14,19-61,66-72,77-92H,6-13H2,1-5H3,(H,62,73)(H,63,74)(H,64,75)(H,65,76)/t14-,19+,20+,21+,22+,23+,24+,25+,26+,27+,28+,29+,30+,31+,32+,33+,34+,35+,36-,37+,38+,39+,40+,41+,42-,43-,44+,45-,46+,47+,48+,49-,50-,51-,52-,53+,54-,55-,56-,57-,58-,59-,60+,61-/m0/s1. The van der Waals surface area contributed by atoms with Crippen molar-refractivity contribution in [2.75, 3.05) is 52.9 Å². The van der Waals surface area contributed by atoms with Crippen LogP contribution in [-0.2, 0) is 99.7 Å². The molecule has 0 aromatic heterocycles. The Balaban J connectivity index is 1.14. The van der Waals surface area contributed by atoms with E-state index in [1.807, 2.05) is 0 Å². The molecule has 0 spiro atoms. The van der Waals surface area contributed by atoms with Gasteiger partial charge in [0, 0.05) is 27.7 Å². The van der Waals surface area contributed by atoms with Crippen molar-refractivity contribution in [2.24, 2.45) is 0 Å². The maximum absolute atomic E-state index is 13.4. The molecule has 9 saturated heterocycles. The Morgan fingerprint density at radius 2 is 0.569 bits per heavy atom. The largest absolute Gasteiger partial charge is 0.394 e. The first-order chi connectivity index (χ1) is 51.6. The number of rotatable bonds is 28. The van der Waals surface area contributed by atoms with Gasteiger partial charge in [-0.15, -0.1) is 0 Å². The molecule has 44 atom stereocenters. The van der Waals surface area contributed by atoms with Gasteiger partial charge in [-0.2, -0.15) is 0 Å². The molecule has 48 nitrogen and oxygen atoms in total. The van der Waals surface area contributed by atoms with Crippen molar-refractivity contribution in [1.82, 2.24) is 21.3 Å². The summed E-state index contributed by atoms with van der Waals surface area (Å²) in [6.45, 7) is -3.76. The molecule has 27 N–H and O–H groups in total. The molecule has 0 radical (unpaired) electrons. The first-order valence-corrected chi connectivity index (χ1v) is 34.9. The Morgan fingerprint density at radius 3 is 1.04 bits per heavy atom. The molecule has 9 heterocycles. The van der Waals surface area contributed by atoms with Crippen molar-refractivity contribution in [2.45, 2.75) is 305 Å². The molecule has 48 heteroatoms. The minimum atomic E-state index is -2.52. The fourth-order valence-corrected chi connectivity index (χ4v) is 14.2. The highest BCUT2D eigenvalue weighted by atomic mass is 16.8. The molecule has 0 bridgehead atoms. The Kier molecular flexibility index (Phi) is 31.8. The van der Waals surface area contributed by atoms with Crippen molar-refractivity contribution in [3.05, 3.63) is 0 Å². The number of aliphatic hydroxyl groups is 23. The summed E-state index contributed by atoms with van der Waals surface area (Å²) in [5.74, 6) is -3.60. The number of aliphatic hydroxyl groups excluding tert-OH is 23. The first kappa shape index (κ1) is 89.2. The van der Waals surface area contributed by atoms with E-state index in [9.17, 15) is 137 Å². The Bertz CT molecular complexity index is 2900. The molecule has 0 saturated carbocycles. The number of hydrogen-bond donors (Lipinski definition) is 27. The van der Waals surface area contributed by atoms with Crippen LogP contribution in [0.2, 0.25) is 0 Å². The van der Waals surface area contributed by atoms with Crippen molar-refractivity contribution < 1.29 is 217 Å². The third-order valence-electron chi connectivity index (χ3n) is 20.0. The number of carbonyl (C=O) groups excluding carboxylic acids is 4. The number of carbonyl (C=O) groups is 4. The molecule has 9 aliphatic rings. The average Bonchev–Trinajstić information content (AvgIpc) is 1.60. The highest BCUT2D eigenvalue weighted by Crippen LogP contribution is 2.41. The van der Waals surface area contributed by atoms with Gasteiger partial charge in [0.2, 0.25) is 23.6 Å². The predicted molar refractivity (Wildman–Crippen MR) is 336 cm³/mol. The van der Waals surface area contributed by atoms with E-state index in [-0.39, 0.29) is 0 Å². The molecular weight excluding hydrogens is 1490 g/mol. The molecule has 0 unspecified atom stereocenters. The quantitative estimate of drug-likeness (QED) is 0.0346. The van der Waals surface area contributed by atoms with Crippen LogP contribution in [0, 0.1) is 0 Å². The van der Waals surface area contributed by atoms with E-state index in [0.717, 1.165) is 27.7 Å². The lowest BCUT2D eigenvalue weighted by molar-refractivity contribution is -0.407. The van der Waals surface area contributed by atoms with Crippen LogP contribution in [0.4, 0.5) is 0 Å². The summed E-state index contributed by atoms with van der Waals surface area (Å²) in [6, 6.07) is -7.40. The summed E-state index contributed by atoms with van der Waals surface area (Å²) in [7, 11) is 0. The maximum atomic E-state index is 13.4. The second-order valence-corrected chi connectivity index (χ2v) is 27.7. The molecule has 0 aromatic rings. The van der Waals surface area contributed by atoms with E-state index < -0.39 is 346 Å². The first-order valence-electron chi connectivity index (χ1n) is 34.9. The smallest absolute Gasteiger partial charge is 0.217 e. The SMILES string of the molecule is CC(=O)N[C@@H]1[C@@H](O[C@@H]2O[C@@H](C)[C@@H](O)[C@@H](O)[C@@H]2O)[C@H](O[C@@H]2O[C@H](CO)[C@@H](O[C@@H]3O[C@H](CO[C@H]4O[C@H](CO)[C@@H](O)[C@H](O)[C@@H]4O[C@@H]4O[C@H](CO)[C@@H](O)[C@H](O)[C@H]4NC(C)=O)[C@@H](O)[C@H](O[C@H]4O[C@H](CO)[C@@H](O)[C@H](O)[C@@H]4O[C@@H]4O[C@H](CO)[C@@H](O)[C@H](O)[C@H]4NC(C)=O)[C@@H]3O[C@@H]3O[C@H](CO)[C@H](O)[C@H]3O)[C@H](O)[C@H]2NC(C)=O)[C@@H](CO)O[C@H]1O. The zero-order valence-electron chi connectivity index (χ0n) is 58.9. The third kappa shape index (κ3) is 19.7. The summed E-state index contributed by atoms with van der Waals surface area (Å²) in [5.41, 5.74) is 0. The lowest BCUT2D eigenvalue weighted by Crippen LogP contribution is -2.71. The fraction of sp³-hybridized carbons (Fsp3) is 0.934. The van der Waals surface area contributed by atoms with Crippen LogP contribution in [0.3, 0.4) is 0 Å². The molecule has 630 valence electrons. The number of nitrogens with one attached hydrogen (secondary N) is 4. The Morgan fingerprint density at radius 1 is 0.257 bits per heavy atom. The molecule has 9 fully saturated rings. The molecule has 0 aromatic carbocycles. The predicted octanol–water partition coefficient (Wildman–Crippen LogP) is -18.4. The number of hydrogen-bond acceptors (Lipinski definition) is 44. The van der Waals surface area contributed by atoms with Crippen LogP contribution in [0.1, 0.15) is 34.6 Å². The minimum Gasteiger partial charge on any atom is -0.394 e. The van der Waals surface area contributed by atoms with Gasteiger partial charge in [0.15, 0.2) is 56.6 Å². The Labute approximate surface area is 618 Å². The van der Waals surface area contributed by atoms with Gasteiger partial charge < -0.3 is 219 Å². The van der Waals surface area contributed by atoms with Gasteiger partial charge in [0.25, 0.3) is 0 Å². The van der Waals surface area contributed by atoms with E-state index >= 15 is 0 Å². The van der Waals surface area contributed by atoms with E-state index in [2.05, 4.69) is 21.3 Å². The average molecular weight is 1600 g/mol. The minimum absolute atomic E-state index is 0.851. The summed E-state index contributed by atoms with van der Waals surface area (Å²) in [6.07, 6.45) is -82.8. The maximum Gasteiger partial charge on any atom is 0.217 e. The molecule has 0 aliphatic carbocycles. The third-order valence-corrected chi connectivity index (χ3v) is 20.0. The Hall–Kier alpha value is -3.72. The van der Waals surface area contributed by atoms with Gasteiger partial charge in [-0.25, -0.2) is 0 Å². The van der Waals surface area contributed by atoms with Crippen molar-refractivity contribution in [1.29, 1.82) is 0 Å². The van der Waals surface area contributed by atoms with Crippen molar-refractivity contribution in [3.63, 3.8) is 0 Å². The van der Waals surface area contributed by atoms with Crippen molar-refractivity contribution >= 4 is 23.6 Å². The highest BCUT2D eigenvalue weighted by Gasteiger charge is 2.62. The normalized spacial score (nSPS) is 49.1. The number of amides is 4. The second-order valence-electron chi connectivity index (χ2n) is 27.7. The van der Waals surface area contributed by atoms with Crippen molar-refractivity contribution in [3.8, 4) is 0 Å². The lowest BCUT2D eigenvalue weighted by Gasteiger charge is -2.52. The fourth-order valence-electron chi connectivity index (χ4n) is 14.2. The van der Waals surface area contributed by atoms with Gasteiger partial charge in [0.05, 0.1) is 59.0 Å². The zero-order chi connectivity index (χ0) is 80.2.